The SMILES string of the molecule is CC1(C)CCc2nnc(Cl)cc2C1. The lowest BCUT2D eigenvalue weighted by molar-refractivity contribution is 0.311. The van der Waals surface area contributed by atoms with E-state index in [0.29, 0.717) is 10.6 Å². The van der Waals surface area contributed by atoms with Crippen molar-refractivity contribution >= 4 is 11.6 Å². The van der Waals surface area contributed by atoms with Gasteiger partial charge in [-0.1, -0.05) is 25.4 Å². The standard InChI is InChI=1S/C10H13ClN2/c1-10(2)4-3-8-7(6-10)5-9(11)13-12-8/h5H,3-4,6H2,1-2H3. The van der Waals surface area contributed by atoms with Gasteiger partial charge < -0.3 is 0 Å². The van der Waals surface area contributed by atoms with Crippen LogP contribution in [-0.2, 0) is 12.8 Å². The molecule has 0 amide bonds. The fraction of sp³-hybridized carbons (Fsp3) is 0.600. The monoisotopic (exact) mass is 196 g/mol. The van der Waals surface area contributed by atoms with Crippen LogP contribution in [-0.4, -0.2) is 10.2 Å². The third kappa shape index (κ3) is 1.83. The molecular formula is C10H13ClN2. The number of nitrogens with zero attached hydrogens (tertiary/aromatic N) is 2. The van der Waals surface area contributed by atoms with Gasteiger partial charge in [-0.25, -0.2) is 0 Å². The van der Waals surface area contributed by atoms with E-state index in [-0.39, 0.29) is 0 Å². The first-order valence-electron chi connectivity index (χ1n) is 4.58. The van der Waals surface area contributed by atoms with Crippen molar-refractivity contribution in [2.45, 2.75) is 33.1 Å². The normalized spacial score (nSPS) is 19.6. The Balaban J connectivity index is 2.38. The maximum absolute atomic E-state index is 5.80. The minimum atomic E-state index is 0.388. The van der Waals surface area contributed by atoms with E-state index in [0.717, 1.165) is 18.5 Å². The number of hydrogen-bond donors (Lipinski definition) is 0. The van der Waals surface area contributed by atoms with E-state index >= 15 is 0 Å². The maximum atomic E-state index is 5.80. The molecule has 0 aromatic carbocycles. The molecule has 2 nitrogen and oxygen atoms in total. The van der Waals surface area contributed by atoms with Crippen LogP contribution in [0.3, 0.4) is 0 Å². The van der Waals surface area contributed by atoms with Gasteiger partial charge >= 0.3 is 0 Å². The molecule has 0 fully saturated rings. The molecule has 0 saturated carbocycles. The second kappa shape index (κ2) is 2.95. The van der Waals surface area contributed by atoms with Crippen LogP contribution in [0.2, 0.25) is 5.15 Å². The van der Waals surface area contributed by atoms with Crippen LogP contribution >= 0.6 is 11.6 Å². The minimum Gasteiger partial charge on any atom is -0.154 e. The van der Waals surface area contributed by atoms with Gasteiger partial charge in [0.15, 0.2) is 5.15 Å². The third-order valence-corrected chi connectivity index (χ3v) is 2.82. The van der Waals surface area contributed by atoms with Crippen molar-refractivity contribution in [3.05, 3.63) is 22.5 Å². The Morgan fingerprint density at radius 2 is 2.15 bits per heavy atom. The highest BCUT2D eigenvalue weighted by Gasteiger charge is 2.26. The summed E-state index contributed by atoms with van der Waals surface area (Å²) in [5.41, 5.74) is 2.79. The van der Waals surface area contributed by atoms with Crippen molar-refractivity contribution in [2.75, 3.05) is 0 Å². The van der Waals surface area contributed by atoms with Crippen molar-refractivity contribution in [3.8, 4) is 0 Å². The predicted molar refractivity (Wildman–Crippen MR) is 52.8 cm³/mol. The van der Waals surface area contributed by atoms with Crippen molar-refractivity contribution in [1.82, 2.24) is 10.2 Å². The van der Waals surface area contributed by atoms with Gasteiger partial charge in [0.1, 0.15) is 0 Å². The van der Waals surface area contributed by atoms with Crippen LogP contribution in [0.25, 0.3) is 0 Å². The number of fused-ring (bicyclic) bond motifs is 1. The van der Waals surface area contributed by atoms with E-state index in [2.05, 4.69) is 24.0 Å². The maximum Gasteiger partial charge on any atom is 0.152 e. The summed E-state index contributed by atoms with van der Waals surface area (Å²) in [6, 6.07) is 1.95. The fourth-order valence-electron chi connectivity index (χ4n) is 1.85. The summed E-state index contributed by atoms with van der Waals surface area (Å²) in [6.45, 7) is 4.56. The summed E-state index contributed by atoms with van der Waals surface area (Å²) in [7, 11) is 0. The second-order valence-electron chi connectivity index (χ2n) is 4.48. The number of rotatable bonds is 0. The molecule has 0 atom stereocenters. The van der Waals surface area contributed by atoms with Gasteiger partial charge in [-0.05, 0) is 36.3 Å². The molecule has 1 aromatic heterocycles. The molecule has 70 valence electrons. The van der Waals surface area contributed by atoms with Crippen LogP contribution in [0.15, 0.2) is 6.07 Å². The van der Waals surface area contributed by atoms with E-state index in [1.165, 1.54) is 12.0 Å². The molecule has 0 radical (unpaired) electrons. The zero-order valence-electron chi connectivity index (χ0n) is 7.97. The average molecular weight is 197 g/mol. The summed E-state index contributed by atoms with van der Waals surface area (Å²) in [5.74, 6) is 0. The van der Waals surface area contributed by atoms with Crippen molar-refractivity contribution < 1.29 is 0 Å². The molecule has 3 heteroatoms. The topological polar surface area (TPSA) is 25.8 Å². The van der Waals surface area contributed by atoms with Crippen LogP contribution in [0.5, 0.6) is 0 Å². The van der Waals surface area contributed by atoms with Crippen molar-refractivity contribution in [2.24, 2.45) is 5.41 Å². The molecule has 1 heterocycles. The molecule has 0 spiro atoms. The lowest BCUT2D eigenvalue weighted by Gasteiger charge is -2.30. The van der Waals surface area contributed by atoms with Crippen LogP contribution in [0.1, 0.15) is 31.5 Å². The smallest absolute Gasteiger partial charge is 0.152 e. The lowest BCUT2D eigenvalue weighted by atomic mass is 9.76. The Morgan fingerprint density at radius 1 is 1.38 bits per heavy atom. The fourth-order valence-corrected chi connectivity index (χ4v) is 2.02. The minimum absolute atomic E-state index is 0.388. The van der Waals surface area contributed by atoms with Gasteiger partial charge in [0, 0.05) is 0 Å². The molecule has 0 unspecified atom stereocenters. The highest BCUT2D eigenvalue weighted by Crippen LogP contribution is 2.33. The third-order valence-electron chi connectivity index (χ3n) is 2.64. The molecule has 2 rings (SSSR count). The summed E-state index contributed by atoms with van der Waals surface area (Å²) in [5, 5.41) is 8.47. The highest BCUT2D eigenvalue weighted by atomic mass is 35.5. The van der Waals surface area contributed by atoms with E-state index in [1.807, 2.05) is 6.07 Å². The molecule has 1 aromatic rings. The Bertz CT molecular complexity index is 334. The molecule has 0 bridgehead atoms. The van der Waals surface area contributed by atoms with Crippen LogP contribution in [0.4, 0.5) is 0 Å². The zero-order chi connectivity index (χ0) is 9.47. The lowest BCUT2D eigenvalue weighted by Crippen LogP contribution is -2.23. The van der Waals surface area contributed by atoms with Gasteiger partial charge in [-0.2, -0.15) is 5.10 Å². The number of aromatic nitrogens is 2. The number of halogens is 1. The van der Waals surface area contributed by atoms with Gasteiger partial charge in [-0.15, -0.1) is 5.10 Å². The van der Waals surface area contributed by atoms with Crippen molar-refractivity contribution in [1.29, 1.82) is 0 Å². The van der Waals surface area contributed by atoms with E-state index in [4.69, 9.17) is 11.6 Å². The first kappa shape index (κ1) is 8.95. The molecule has 1 aliphatic carbocycles. The molecular weight excluding hydrogens is 184 g/mol. The van der Waals surface area contributed by atoms with Gasteiger partial charge in [0.05, 0.1) is 5.69 Å². The Labute approximate surface area is 83.3 Å². The largest absolute Gasteiger partial charge is 0.154 e. The van der Waals surface area contributed by atoms with Gasteiger partial charge in [-0.3, -0.25) is 0 Å². The highest BCUT2D eigenvalue weighted by molar-refractivity contribution is 6.29. The van der Waals surface area contributed by atoms with E-state index < -0.39 is 0 Å². The second-order valence-corrected chi connectivity index (χ2v) is 4.87. The zero-order valence-corrected chi connectivity index (χ0v) is 8.73. The van der Waals surface area contributed by atoms with Crippen LogP contribution in [0, 0.1) is 5.41 Å². The van der Waals surface area contributed by atoms with E-state index in [1.54, 1.807) is 0 Å². The Morgan fingerprint density at radius 3 is 2.92 bits per heavy atom. The predicted octanol–water partition coefficient (Wildman–Crippen LogP) is 2.64. The van der Waals surface area contributed by atoms with Gasteiger partial charge in [0.2, 0.25) is 0 Å². The number of aryl methyl sites for hydroxylation is 1. The molecule has 1 aliphatic rings. The van der Waals surface area contributed by atoms with Gasteiger partial charge in [0.25, 0.3) is 0 Å². The summed E-state index contributed by atoms with van der Waals surface area (Å²) >= 11 is 5.80. The molecule has 0 saturated heterocycles. The van der Waals surface area contributed by atoms with Crippen LogP contribution < -0.4 is 0 Å². The summed E-state index contributed by atoms with van der Waals surface area (Å²) < 4.78 is 0. The first-order valence-corrected chi connectivity index (χ1v) is 4.96. The average Bonchev–Trinajstić information content (AvgIpc) is 2.01. The first-order chi connectivity index (χ1) is 6.07. The quantitative estimate of drug-likeness (QED) is 0.638. The molecule has 0 N–H and O–H groups in total. The number of hydrogen-bond acceptors (Lipinski definition) is 2. The summed E-state index contributed by atoms with van der Waals surface area (Å²) in [6.07, 6.45) is 3.29. The Kier molecular flexibility index (Phi) is 2.03. The molecule has 0 aliphatic heterocycles. The van der Waals surface area contributed by atoms with E-state index in [9.17, 15) is 0 Å². The Hall–Kier alpha value is -0.630. The summed E-state index contributed by atoms with van der Waals surface area (Å²) in [4.78, 5) is 0. The molecule has 13 heavy (non-hydrogen) atoms. The van der Waals surface area contributed by atoms with Crippen molar-refractivity contribution in [3.63, 3.8) is 0 Å².